The van der Waals surface area contributed by atoms with Gasteiger partial charge in [0, 0.05) is 17.1 Å². The van der Waals surface area contributed by atoms with Crippen molar-refractivity contribution in [2.24, 2.45) is 0 Å². The van der Waals surface area contributed by atoms with Crippen LogP contribution in [0.15, 0.2) is 66.0 Å². The molecule has 0 saturated carbocycles. The smallest absolute Gasteiger partial charge is 0.238 e. The van der Waals surface area contributed by atoms with Crippen LogP contribution in [0.1, 0.15) is 22.0 Å². The summed E-state index contributed by atoms with van der Waals surface area (Å²) in [6.45, 7) is 1.14. The lowest BCUT2D eigenvalue weighted by molar-refractivity contribution is -0.117. The number of hydrogen-bond acceptors (Lipinski definition) is 3. The normalized spacial score (nSPS) is 16.9. The molecule has 3 aromatic rings. The number of nitrogens with zero attached hydrogens (tertiary/aromatic N) is 1. The average Bonchev–Trinajstić information content (AvgIpc) is 3.13. The lowest BCUT2D eigenvalue weighted by atomic mass is 9.93. The van der Waals surface area contributed by atoms with Crippen LogP contribution in [0.25, 0.3) is 0 Å². The zero-order valence-corrected chi connectivity index (χ0v) is 15.0. The van der Waals surface area contributed by atoms with E-state index in [9.17, 15) is 9.18 Å². The molecule has 3 nitrogen and oxygen atoms in total. The fourth-order valence-electron chi connectivity index (χ4n) is 3.48. The van der Waals surface area contributed by atoms with Crippen molar-refractivity contribution in [3.05, 3.63) is 87.9 Å². The Bertz CT molecular complexity index is 892. The fourth-order valence-corrected chi connectivity index (χ4v) is 4.39. The second-order valence-electron chi connectivity index (χ2n) is 6.39. The summed E-state index contributed by atoms with van der Waals surface area (Å²) in [6, 6.07) is 18.4. The van der Waals surface area contributed by atoms with Crippen molar-refractivity contribution in [2.45, 2.75) is 12.5 Å². The monoisotopic (exact) mass is 366 g/mol. The minimum atomic E-state index is -0.312. The van der Waals surface area contributed by atoms with E-state index >= 15 is 0 Å². The fraction of sp³-hybridized carbons (Fsp3) is 0.190. The highest BCUT2D eigenvalue weighted by molar-refractivity contribution is 7.10. The molecule has 0 radical (unpaired) electrons. The van der Waals surface area contributed by atoms with Crippen LogP contribution in [0.2, 0.25) is 0 Å². The van der Waals surface area contributed by atoms with E-state index in [2.05, 4.69) is 33.8 Å². The van der Waals surface area contributed by atoms with E-state index < -0.39 is 0 Å². The first-order valence-electron chi connectivity index (χ1n) is 8.61. The van der Waals surface area contributed by atoms with Gasteiger partial charge in [0.05, 0.1) is 12.6 Å². The summed E-state index contributed by atoms with van der Waals surface area (Å²) in [4.78, 5) is 16.2. The van der Waals surface area contributed by atoms with Crippen molar-refractivity contribution in [1.82, 2.24) is 4.90 Å². The van der Waals surface area contributed by atoms with Crippen LogP contribution in [0.4, 0.5) is 10.1 Å². The van der Waals surface area contributed by atoms with Crippen molar-refractivity contribution in [3.63, 3.8) is 0 Å². The van der Waals surface area contributed by atoms with E-state index in [0.717, 1.165) is 13.0 Å². The molecule has 4 rings (SSSR count). The maximum absolute atomic E-state index is 13.0. The number of fused-ring (bicyclic) bond motifs is 1. The van der Waals surface area contributed by atoms with E-state index in [1.54, 1.807) is 23.5 Å². The average molecular weight is 366 g/mol. The van der Waals surface area contributed by atoms with E-state index in [1.165, 1.54) is 28.1 Å². The van der Waals surface area contributed by atoms with Crippen molar-refractivity contribution in [3.8, 4) is 0 Å². The molecule has 0 bridgehead atoms. The van der Waals surface area contributed by atoms with Gasteiger partial charge in [0.2, 0.25) is 5.91 Å². The number of amides is 1. The highest BCUT2D eigenvalue weighted by atomic mass is 32.1. The molecule has 0 saturated heterocycles. The van der Waals surface area contributed by atoms with Crippen LogP contribution >= 0.6 is 11.3 Å². The van der Waals surface area contributed by atoms with E-state index in [4.69, 9.17) is 0 Å². The zero-order chi connectivity index (χ0) is 17.9. The molecule has 1 aliphatic heterocycles. The first-order valence-corrected chi connectivity index (χ1v) is 9.49. The third kappa shape index (κ3) is 3.54. The molecule has 0 unspecified atom stereocenters. The summed E-state index contributed by atoms with van der Waals surface area (Å²) in [5.41, 5.74) is 3.10. The summed E-state index contributed by atoms with van der Waals surface area (Å²) < 4.78 is 13.0. The number of benzene rings is 2. The Balaban J connectivity index is 1.54. The Morgan fingerprint density at radius 1 is 1.12 bits per heavy atom. The van der Waals surface area contributed by atoms with Crippen molar-refractivity contribution in [1.29, 1.82) is 0 Å². The van der Waals surface area contributed by atoms with Gasteiger partial charge in [0.1, 0.15) is 5.82 Å². The summed E-state index contributed by atoms with van der Waals surface area (Å²) in [5, 5.41) is 4.99. The number of halogens is 1. The van der Waals surface area contributed by atoms with Crippen LogP contribution in [-0.4, -0.2) is 23.9 Å². The standard InChI is InChI=1S/C21H19FN2OS/c22-16-6-8-17(9-7-16)23-20(25)14-24-12-10-19-18(11-13-26-19)21(24)15-4-2-1-3-5-15/h1-9,11,13,21H,10,12,14H2,(H,23,25)/t21-/m1/s1. The number of hydrogen-bond donors (Lipinski definition) is 1. The number of rotatable bonds is 4. The highest BCUT2D eigenvalue weighted by Gasteiger charge is 2.30. The number of nitrogens with one attached hydrogen (secondary N) is 1. The Kier molecular flexibility index (Phi) is 4.82. The van der Waals surface area contributed by atoms with E-state index in [0.29, 0.717) is 12.2 Å². The molecule has 132 valence electrons. The number of thiophene rings is 1. The van der Waals surface area contributed by atoms with Crippen LogP contribution in [0.5, 0.6) is 0 Å². The SMILES string of the molecule is O=C(CN1CCc2sccc2[C@H]1c1ccccc1)Nc1ccc(F)cc1. The number of anilines is 1. The summed E-state index contributed by atoms with van der Waals surface area (Å²) in [5.74, 6) is -0.399. The molecule has 1 N–H and O–H groups in total. The molecular weight excluding hydrogens is 347 g/mol. The Morgan fingerprint density at radius 2 is 1.88 bits per heavy atom. The molecule has 1 atom stereocenters. The Labute approximate surface area is 156 Å². The van der Waals surface area contributed by atoms with Gasteiger partial charge in [0.15, 0.2) is 0 Å². The molecule has 5 heteroatoms. The molecular formula is C21H19FN2OS. The molecule has 1 aromatic heterocycles. The van der Waals surface area contributed by atoms with Crippen LogP contribution in [0, 0.1) is 5.82 Å². The molecule has 0 spiro atoms. The second-order valence-corrected chi connectivity index (χ2v) is 7.39. The Morgan fingerprint density at radius 3 is 2.65 bits per heavy atom. The molecule has 2 aromatic carbocycles. The van der Waals surface area contributed by atoms with Gasteiger partial charge in [-0.25, -0.2) is 4.39 Å². The maximum atomic E-state index is 13.0. The molecule has 2 heterocycles. The Hall–Kier alpha value is -2.50. The van der Waals surface area contributed by atoms with Gasteiger partial charge in [-0.05, 0) is 53.3 Å². The third-order valence-electron chi connectivity index (χ3n) is 4.66. The highest BCUT2D eigenvalue weighted by Crippen LogP contribution is 2.37. The van der Waals surface area contributed by atoms with Crippen molar-refractivity contribution in [2.75, 3.05) is 18.4 Å². The van der Waals surface area contributed by atoms with Gasteiger partial charge < -0.3 is 5.32 Å². The number of carbonyl (C=O) groups excluding carboxylic acids is 1. The van der Waals surface area contributed by atoms with Gasteiger partial charge in [0.25, 0.3) is 0 Å². The van der Waals surface area contributed by atoms with Gasteiger partial charge in [-0.3, -0.25) is 9.69 Å². The molecule has 1 aliphatic rings. The summed E-state index contributed by atoms with van der Waals surface area (Å²) in [7, 11) is 0. The lowest BCUT2D eigenvalue weighted by Gasteiger charge is -2.35. The number of carbonyl (C=O) groups is 1. The van der Waals surface area contributed by atoms with Gasteiger partial charge in [-0.1, -0.05) is 30.3 Å². The first kappa shape index (κ1) is 16.9. The molecule has 26 heavy (non-hydrogen) atoms. The minimum Gasteiger partial charge on any atom is -0.325 e. The largest absolute Gasteiger partial charge is 0.325 e. The summed E-state index contributed by atoms with van der Waals surface area (Å²) >= 11 is 1.79. The van der Waals surface area contributed by atoms with Crippen LogP contribution < -0.4 is 5.32 Å². The predicted octanol–water partition coefficient (Wildman–Crippen LogP) is 4.47. The van der Waals surface area contributed by atoms with Gasteiger partial charge >= 0.3 is 0 Å². The quantitative estimate of drug-likeness (QED) is 0.739. The lowest BCUT2D eigenvalue weighted by Crippen LogP contribution is -2.40. The van der Waals surface area contributed by atoms with Crippen LogP contribution in [-0.2, 0) is 11.2 Å². The van der Waals surface area contributed by atoms with Crippen LogP contribution in [0.3, 0.4) is 0 Å². The maximum Gasteiger partial charge on any atom is 0.238 e. The third-order valence-corrected chi connectivity index (χ3v) is 5.65. The minimum absolute atomic E-state index is 0.0868. The molecule has 1 amide bonds. The second kappa shape index (κ2) is 7.40. The van der Waals surface area contributed by atoms with Gasteiger partial charge in [-0.15, -0.1) is 11.3 Å². The molecule has 0 aliphatic carbocycles. The van der Waals surface area contributed by atoms with E-state index in [1.807, 2.05) is 18.2 Å². The van der Waals surface area contributed by atoms with E-state index in [-0.39, 0.29) is 17.8 Å². The molecule has 0 fully saturated rings. The summed E-state index contributed by atoms with van der Waals surface area (Å²) in [6.07, 6.45) is 0.958. The van der Waals surface area contributed by atoms with Crippen molar-refractivity contribution < 1.29 is 9.18 Å². The predicted molar refractivity (Wildman–Crippen MR) is 103 cm³/mol. The topological polar surface area (TPSA) is 32.3 Å². The van der Waals surface area contributed by atoms with Crippen molar-refractivity contribution >= 4 is 22.9 Å². The van der Waals surface area contributed by atoms with Gasteiger partial charge in [-0.2, -0.15) is 0 Å². The zero-order valence-electron chi connectivity index (χ0n) is 14.2. The first-order chi connectivity index (χ1) is 12.7.